The summed E-state index contributed by atoms with van der Waals surface area (Å²) in [5, 5.41) is 5.50. The standard InChI is InChI=1S/C12H22OSi2.2C2H5.Al/c1-14(2,3)10-8-7-9-11(12(10)13)15(4,5)6;2*1-2;/h7-9,13H,1-6H3;2*1H2,2H3;/q;;;+1/p-1. The molecular weight excluding hydrogens is 291 g/mol. The predicted molar refractivity (Wildman–Crippen MR) is 99.7 cm³/mol. The van der Waals surface area contributed by atoms with Crippen LogP contribution in [0.25, 0.3) is 0 Å². The molecule has 0 aliphatic heterocycles. The van der Waals surface area contributed by atoms with E-state index in [9.17, 15) is 0 Å². The molecule has 0 spiro atoms. The molecular formula is C16H31AlOSi2. The van der Waals surface area contributed by atoms with Crippen LogP contribution in [0, 0.1) is 0 Å². The first-order chi connectivity index (χ1) is 9.11. The zero-order chi connectivity index (χ0) is 15.6. The fourth-order valence-corrected chi connectivity index (χ4v) is 7.27. The Morgan fingerprint density at radius 1 is 0.850 bits per heavy atom. The number of hydrogen-bond acceptors (Lipinski definition) is 1. The van der Waals surface area contributed by atoms with Crippen LogP contribution in [0.4, 0.5) is 0 Å². The fraction of sp³-hybridized carbons (Fsp3) is 0.625. The van der Waals surface area contributed by atoms with Gasteiger partial charge in [0.15, 0.2) is 0 Å². The highest BCUT2D eigenvalue weighted by Crippen LogP contribution is 2.19. The molecule has 4 heteroatoms. The van der Waals surface area contributed by atoms with E-state index in [0.29, 0.717) is 0 Å². The van der Waals surface area contributed by atoms with Crippen LogP contribution in [0.2, 0.25) is 49.8 Å². The smallest absolute Gasteiger partial charge is 0.546 e. The average Bonchev–Trinajstić information content (AvgIpc) is 2.33. The lowest BCUT2D eigenvalue weighted by Gasteiger charge is -2.30. The van der Waals surface area contributed by atoms with E-state index >= 15 is 0 Å². The van der Waals surface area contributed by atoms with Crippen molar-refractivity contribution in [3.05, 3.63) is 18.2 Å². The third-order valence-corrected chi connectivity index (χ3v) is 10.2. The molecule has 1 nitrogen and oxygen atoms in total. The summed E-state index contributed by atoms with van der Waals surface area (Å²) in [6.45, 7) is 19.1. The average molecular weight is 323 g/mol. The van der Waals surface area contributed by atoms with Gasteiger partial charge >= 0.3 is 14.5 Å². The second-order valence-electron chi connectivity index (χ2n) is 7.74. The minimum absolute atomic E-state index is 1.07. The van der Waals surface area contributed by atoms with E-state index in [1.54, 1.807) is 0 Å². The molecule has 0 fully saturated rings. The molecule has 0 saturated carbocycles. The predicted octanol–water partition coefficient (Wildman–Crippen LogP) is 4.19. The van der Waals surface area contributed by atoms with Gasteiger partial charge in [0.1, 0.15) is 0 Å². The number of para-hydroxylation sites is 1. The summed E-state index contributed by atoms with van der Waals surface area (Å²) >= 11 is -1.07. The Hall–Kier alpha value is -0.0138. The maximum Gasteiger partial charge on any atom is 0.546 e. The molecule has 1 aromatic rings. The third kappa shape index (κ3) is 4.49. The minimum atomic E-state index is -1.36. The lowest BCUT2D eigenvalue weighted by atomic mass is 10.3. The minimum Gasteiger partial charge on any atom is -0.643 e. The summed E-state index contributed by atoms with van der Waals surface area (Å²) in [5.41, 5.74) is 0. The maximum atomic E-state index is 6.64. The molecule has 1 rings (SSSR count). The molecule has 0 N–H and O–H groups in total. The first kappa shape index (κ1) is 18.0. The van der Waals surface area contributed by atoms with Crippen molar-refractivity contribution in [2.75, 3.05) is 0 Å². The van der Waals surface area contributed by atoms with Gasteiger partial charge in [0.25, 0.3) is 0 Å². The maximum absolute atomic E-state index is 6.64. The second-order valence-corrected chi connectivity index (χ2v) is 20.9. The molecule has 1 aromatic carbocycles. The van der Waals surface area contributed by atoms with Crippen molar-refractivity contribution >= 4 is 41.0 Å². The molecule has 0 aliphatic rings. The van der Waals surface area contributed by atoms with Crippen molar-refractivity contribution in [3.8, 4) is 5.75 Å². The SMILES string of the molecule is C[CH2][Al]([CH2]C)[O]c1c([Si](C)(C)C)cccc1[Si](C)(C)C. The Bertz CT molecular complexity index is 411. The van der Waals surface area contributed by atoms with Crippen LogP contribution in [0.1, 0.15) is 13.8 Å². The lowest BCUT2D eigenvalue weighted by Crippen LogP contribution is -2.48. The molecule has 20 heavy (non-hydrogen) atoms. The topological polar surface area (TPSA) is 9.23 Å². The molecule has 0 aliphatic carbocycles. The van der Waals surface area contributed by atoms with Gasteiger partial charge in [0.05, 0.1) is 21.9 Å². The van der Waals surface area contributed by atoms with Crippen LogP contribution in [0.5, 0.6) is 5.75 Å². The van der Waals surface area contributed by atoms with Gasteiger partial charge in [-0.1, -0.05) is 81.9 Å². The van der Waals surface area contributed by atoms with Gasteiger partial charge < -0.3 is 3.79 Å². The molecule has 0 atom stereocenters. The van der Waals surface area contributed by atoms with E-state index < -0.39 is 30.6 Å². The van der Waals surface area contributed by atoms with E-state index in [1.807, 2.05) is 0 Å². The summed E-state index contributed by atoms with van der Waals surface area (Å²) in [6, 6.07) is 6.90. The summed E-state index contributed by atoms with van der Waals surface area (Å²) in [7, 11) is -2.72. The third-order valence-electron chi connectivity index (χ3n) is 3.83. The zero-order valence-corrected chi connectivity index (χ0v) is 17.8. The highest BCUT2D eigenvalue weighted by Gasteiger charge is 2.30. The van der Waals surface area contributed by atoms with Crippen LogP contribution in [-0.4, -0.2) is 30.6 Å². The highest BCUT2D eigenvalue weighted by molar-refractivity contribution is 6.93. The Morgan fingerprint density at radius 2 is 1.25 bits per heavy atom. The van der Waals surface area contributed by atoms with E-state index in [2.05, 4.69) is 71.3 Å². The van der Waals surface area contributed by atoms with Gasteiger partial charge in [-0.2, -0.15) is 0 Å². The molecule has 0 amide bonds. The van der Waals surface area contributed by atoms with Crippen molar-refractivity contribution < 1.29 is 3.79 Å². The molecule has 0 unspecified atom stereocenters. The van der Waals surface area contributed by atoms with Crippen LogP contribution >= 0.6 is 0 Å². The van der Waals surface area contributed by atoms with Gasteiger partial charge in [-0.3, -0.25) is 0 Å². The Morgan fingerprint density at radius 3 is 1.55 bits per heavy atom. The van der Waals surface area contributed by atoms with Crippen molar-refractivity contribution in [2.45, 2.75) is 63.7 Å². The summed E-state index contributed by atoms with van der Waals surface area (Å²) in [4.78, 5) is 0. The molecule has 0 bridgehead atoms. The van der Waals surface area contributed by atoms with E-state index in [1.165, 1.54) is 26.7 Å². The van der Waals surface area contributed by atoms with Gasteiger partial charge in [-0.15, -0.1) is 0 Å². The fourth-order valence-electron chi connectivity index (χ4n) is 2.47. The summed E-state index contributed by atoms with van der Waals surface area (Å²) in [5.74, 6) is 1.30. The molecule has 0 heterocycles. The highest BCUT2D eigenvalue weighted by atomic mass is 28.3. The van der Waals surface area contributed by atoms with E-state index in [0.717, 1.165) is 0 Å². The van der Waals surface area contributed by atoms with Gasteiger partial charge in [0, 0.05) is 0 Å². The lowest BCUT2D eigenvalue weighted by molar-refractivity contribution is 0.574. The Labute approximate surface area is 132 Å². The van der Waals surface area contributed by atoms with Crippen molar-refractivity contribution in [2.24, 2.45) is 0 Å². The van der Waals surface area contributed by atoms with Crippen LogP contribution in [0.15, 0.2) is 18.2 Å². The quantitative estimate of drug-likeness (QED) is 0.714. The first-order valence-electron chi connectivity index (χ1n) is 7.91. The zero-order valence-electron chi connectivity index (χ0n) is 14.6. The number of hydrogen-bond donors (Lipinski definition) is 0. The van der Waals surface area contributed by atoms with Gasteiger partial charge in [0.2, 0.25) is 0 Å². The van der Waals surface area contributed by atoms with Crippen LogP contribution in [-0.2, 0) is 0 Å². The normalized spacial score (nSPS) is 12.4. The summed E-state index contributed by atoms with van der Waals surface area (Å²) < 4.78 is 6.64. The molecule has 0 saturated heterocycles. The van der Waals surface area contributed by atoms with Crippen molar-refractivity contribution in [1.29, 1.82) is 0 Å². The van der Waals surface area contributed by atoms with Crippen molar-refractivity contribution in [3.63, 3.8) is 0 Å². The van der Waals surface area contributed by atoms with Crippen LogP contribution in [0.3, 0.4) is 0 Å². The van der Waals surface area contributed by atoms with E-state index in [-0.39, 0.29) is 0 Å². The van der Waals surface area contributed by atoms with Gasteiger partial charge in [-0.05, 0) is 10.4 Å². The molecule has 0 aromatic heterocycles. The monoisotopic (exact) mass is 322 g/mol. The number of rotatable bonds is 6. The van der Waals surface area contributed by atoms with E-state index in [4.69, 9.17) is 3.79 Å². The molecule has 112 valence electrons. The van der Waals surface area contributed by atoms with Gasteiger partial charge in [-0.25, -0.2) is 0 Å². The van der Waals surface area contributed by atoms with Crippen LogP contribution < -0.4 is 14.2 Å². The second kappa shape index (κ2) is 6.83. The largest absolute Gasteiger partial charge is 0.643 e. The van der Waals surface area contributed by atoms with Crippen molar-refractivity contribution in [1.82, 2.24) is 0 Å². The Balaban J connectivity index is 3.40. The number of benzene rings is 1. The summed E-state index contributed by atoms with van der Waals surface area (Å²) in [6.07, 6.45) is 0. The molecule has 0 radical (unpaired) electrons. The first-order valence-corrected chi connectivity index (χ1v) is 17.0. The Kier molecular flexibility index (Phi) is 6.16.